The number of ether oxygens (including phenoxy) is 1. The van der Waals surface area contributed by atoms with Crippen molar-refractivity contribution >= 4 is 46.0 Å². The summed E-state index contributed by atoms with van der Waals surface area (Å²) >= 11 is 7.64. The molecular weight excluding hydrogens is 534 g/mol. The number of aryl methyl sites for hydroxylation is 1. The lowest BCUT2D eigenvalue weighted by Gasteiger charge is -2.27. The van der Waals surface area contributed by atoms with Crippen LogP contribution in [0.4, 0.5) is 11.4 Å². The quantitative estimate of drug-likeness (QED) is 0.256. The molecule has 0 radical (unpaired) electrons. The van der Waals surface area contributed by atoms with Gasteiger partial charge in [0.25, 0.3) is 5.91 Å². The Hall–Kier alpha value is -4.14. The highest BCUT2D eigenvalue weighted by atomic mass is 35.5. The molecule has 1 aromatic heterocycles. The number of methoxy groups -OCH3 is 1. The zero-order valence-corrected chi connectivity index (χ0v) is 23.4. The lowest BCUT2D eigenvalue weighted by molar-refractivity contribution is -0.117. The monoisotopic (exact) mass is 559 g/mol. The van der Waals surface area contributed by atoms with Gasteiger partial charge >= 0.3 is 0 Å². The fourth-order valence-corrected chi connectivity index (χ4v) is 5.89. The number of amides is 1. The summed E-state index contributed by atoms with van der Waals surface area (Å²) in [5.41, 5.74) is 3.46. The molecule has 1 N–H and O–H groups in total. The van der Waals surface area contributed by atoms with Crippen LogP contribution >= 0.6 is 22.9 Å². The predicted octanol–water partition coefficient (Wildman–Crippen LogP) is 6.63. The van der Waals surface area contributed by atoms with Crippen LogP contribution in [-0.4, -0.2) is 43.0 Å². The number of thiazole rings is 1. The lowest BCUT2D eigenvalue weighted by Crippen LogP contribution is -2.31. The van der Waals surface area contributed by atoms with Gasteiger partial charge in [-0.25, -0.2) is 4.98 Å². The number of halogens is 1. The molecule has 1 unspecified atom stereocenters. The van der Waals surface area contributed by atoms with E-state index in [1.807, 2.05) is 73.6 Å². The van der Waals surface area contributed by atoms with Crippen molar-refractivity contribution in [1.82, 2.24) is 4.98 Å². The third kappa shape index (κ3) is 4.77. The first-order valence-corrected chi connectivity index (χ1v) is 13.4. The van der Waals surface area contributed by atoms with E-state index in [9.17, 15) is 14.7 Å². The maximum Gasteiger partial charge on any atom is 0.294 e. The third-order valence-corrected chi connectivity index (χ3v) is 8.12. The van der Waals surface area contributed by atoms with Crippen molar-refractivity contribution in [3.8, 4) is 16.3 Å². The summed E-state index contributed by atoms with van der Waals surface area (Å²) in [5.74, 6) is -1.28. The Morgan fingerprint density at radius 2 is 1.77 bits per heavy atom. The largest absolute Gasteiger partial charge is 0.503 e. The van der Waals surface area contributed by atoms with Crippen LogP contribution in [0.2, 0.25) is 5.02 Å². The van der Waals surface area contributed by atoms with Crippen LogP contribution < -0.4 is 14.5 Å². The SMILES string of the molecule is COc1ccc(N2C(=O)C(O)=C(C(=O)c3sc(-c4ccccc4)nc3C)C2c2ccc(N(C)C)cc2)cc1Cl. The molecule has 1 aliphatic rings. The summed E-state index contributed by atoms with van der Waals surface area (Å²) in [5, 5.41) is 12.2. The van der Waals surface area contributed by atoms with Crippen molar-refractivity contribution in [2.75, 3.05) is 31.0 Å². The lowest BCUT2D eigenvalue weighted by atomic mass is 9.94. The normalized spacial score (nSPS) is 15.2. The summed E-state index contributed by atoms with van der Waals surface area (Å²) in [7, 11) is 5.36. The second-order valence-corrected chi connectivity index (χ2v) is 10.7. The van der Waals surface area contributed by atoms with Gasteiger partial charge in [0, 0.05) is 31.0 Å². The number of ketones is 1. The van der Waals surface area contributed by atoms with Crippen LogP contribution in [0.5, 0.6) is 5.75 Å². The minimum Gasteiger partial charge on any atom is -0.503 e. The molecule has 0 aliphatic carbocycles. The van der Waals surface area contributed by atoms with Crippen LogP contribution in [0.1, 0.15) is 27.0 Å². The first-order chi connectivity index (χ1) is 18.7. The Morgan fingerprint density at radius 3 is 2.38 bits per heavy atom. The number of nitrogens with zero attached hydrogens (tertiary/aromatic N) is 3. The van der Waals surface area contributed by atoms with Crippen LogP contribution in [0, 0.1) is 6.92 Å². The number of carbonyl (C=O) groups excluding carboxylic acids is 2. The highest BCUT2D eigenvalue weighted by Crippen LogP contribution is 2.44. The minimum absolute atomic E-state index is 0.00379. The van der Waals surface area contributed by atoms with Gasteiger partial charge in [0.1, 0.15) is 10.8 Å². The van der Waals surface area contributed by atoms with Crippen molar-refractivity contribution in [2.45, 2.75) is 13.0 Å². The molecule has 5 rings (SSSR count). The number of rotatable bonds is 7. The zero-order valence-electron chi connectivity index (χ0n) is 21.8. The Kier molecular flexibility index (Phi) is 7.16. The van der Waals surface area contributed by atoms with Gasteiger partial charge in [-0.1, -0.05) is 54.1 Å². The molecule has 0 spiro atoms. The molecule has 3 aromatic carbocycles. The highest BCUT2D eigenvalue weighted by Gasteiger charge is 2.45. The zero-order chi connectivity index (χ0) is 27.8. The minimum atomic E-state index is -0.882. The Morgan fingerprint density at radius 1 is 1.08 bits per heavy atom. The van der Waals surface area contributed by atoms with E-state index in [2.05, 4.69) is 4.98 Å². The van der Waals surface area contributed by atoms with E-state index in [0.717, 1.165) is 11.3 Å². The van der Waals surface area contributed by atoms with Gasteiger partial charge in [0.15, 0.2) is 5.76 Å². The maximum absolute atomic E-state index is 14.1. The second kappa shape index (κ2) is 10.6. The van der Waals surface area contributed by atoms with E-state index in [0.29, 0.717) is 37.6 Å². The molecule has 198 valence electrons. The topological polar surface area (TPSA) is 83.0 Å². The van der Waals surface area contributed by atoms with Crippen molar-refractivity contribution in [2.24, 2.45) is 0 Å². The van der Waals surface area contributed by atoms with Crippen molar-refractivity contribution < 1.29 is 19.4 Å². The van der Waals surface area contributed by atoms with E-state index in [4.69, 9.17) is 16.3 Å². The highest BCUT2D eigenvalue weighted by molar-refractivity contribution is 7.17. The fourth-order valence-electron chi connectivity index (χ4n) is 4.61. The summed E-state index contributed by atoms with van der Waals surface area (Å²) in [6.07, 6.45) is 0. The molecule has 7 nitrogen and oxygen atoms in total. The predicted molar refractivity (Wildman–Crippen MR) is 155 cm³/mol. The second-order valence-electron chi connectivity index (χ2n) is 9.27. The van der Waals surface area contributed by atoms with Gasteiger partial charge in [-0.05, 0) is 42.8 Å². The van der Waals surface area contributed by atoms with Crippen LogP contribution in [-0.2, 0) is 4.79 Å². The van der Waals surface area contributed by atoms with Crippen molar-refractivity contribution in [3.05, 3.63) is 105 Å². The van der Waals surface area contributed by atoms with Crippen LogP contribution in [0.15, 0.2) is 84.1 Å². The number of Topliss-reactive ketones (excluding diaryl/α,β-unsaturated/α-hetero) is 1. The van der Waals surface area contributed by atoms with E-state index < -0.39 is 23.5 Å². The number of aliphatic hydroxyl groups is 1. The summed E-state index contributed by atoms with van der Waals surface area (Å²) in [6.45, 7) is 1.76. The van der Waals surface area contributed by atoms with Gasteiger partial charge in [-0.3, -0.25) is 14.5 Å². The molecule has 1 atom stereocenters. The molecule has 39 heavy (non-hydrogen) atoms. The average molecular weight is 560 g/mol. The molecule has 9 heteroatoms. The molecule has 1 amide bonds. The van der Waals surface area contributed by atoms with Gasteiger partial charge in [-0.15, -0.1) is 11.3 Å². The van der Waals surface area contributed by atoms with E-state index in [-0.39, 0.29) is 5.57 Å². The van der Waals surface area contributed by atoms with E-state index >= 15 is 0 Å². The molecule has 0 saturated heterocycles. The Labute approximate surface area is 235 Å². The number of anilines is 2. The van der Waals surface area contributed by atoms with E-state index in [1.165, 1.54) is 23.3 Å². The van der Waals surface area contributed by atoms with Gasteiger partial charge in [0.05, 0.1) is 34.3 Å². The van der Waals surface area contributed by atoms with Crippen LogP contribution in [0.3, 0.4) is 0 Å². The fraction of sp³-hybridized carbons (Fsp3) is 0.167. The number of aliphatic hydroxyl groups excluding tert-OH is 1. The molecule has 0 saturated carbocycles. The molecule has 2 heterocycles. The number of hydrogen-bond donors (Lipinski definition) is 1. The molecule has 4 aromatic rings. The smallest absolute Gasteiger partial charge is 0.294 e. The molecule has 1 aliphatic heterocycles. The first kappa shape index (κ1) is 26.5. The summed E-state index contributed by atoms with van der Waals surface area (Å²) in [6, 6.07) is 21.1. The number of benzene rings is 3. The third-order valence-electron chi connectivity index (χ3n) is 6.62. The number of carbonyl (C=O) groups is 2. The summed E-state index contributed by atoms with van der Waals surface area (Å²) < 4.78 is 5.27. The van der Waals surface area contributed by atoms with Crippen molar-refractivity contribution in [1.29, 1.82) is 0 Å². The number of aromatic nitrogens is 1. The maximum atomic E-state index is 14.1. The standard InChI is InChI=1S/C30H26ClN3O4S/c1-17-28(39-29(32-17)19-8-6-5-7-9-19)26(35)24-25(18-10-12-20(13-11-18)33(2)3)34(30(37)27(24)36)21-14-15-23(38-4)22(31)16-21/h5-16,25,36H,1-4H3. The Balaban J connectivity index is 1.63. The number of hydrogen-bond acceptors (Lipinski definition) is 7. The molecule has 0 fully saturated rings. The van der Waals surface area contributed by atoms with Crippen molar-refractivity contribution in [3.63, 3.8) is 0 Å². The average Bonchev–Trinajstić information content (AvgIpc) is 3.46. The summed E-state index contributed by atoms with van der Waals surface area (Å²) in [4.78, 5) is 36.0. The Bertz CT molecular complexity index is 1600. The molecular formula is C30H26ClN3O4S. The van der Waals surface area contributed by atoms with E-state index in [1.54, 1.807) is 25.1 Å². The first-order valence-electron chi connectivity index (χ1n) is 12.2. The van der Waals surface area contributed by atoms with Gasteiger partial charge < -0.3 is 14.7 Å². The van der Waals surface area contributed by atoms with Crippen LogP contribution in [0.25, 0.3) is 10.6 Å². The van der Waals surface area contributed by atoms with Gasteiger partial charge in [-0.2, -0.15) is 0 Å². The van der Waals surface area contributed by atoms with Gasteiger partial charge in [0.2, 0.25) is 5.78 Å². The molecule has 0 bridgehead atoms.